The van der Waals surface area contributed by atoms with Crippen LogP contribution >= 0.6 is 0 Å². The molecule has 1 heterocycles. The fourth-order valence-electron chi connectivity index (χ4n) is 1.74. The monoisotopic (exact) mass is 233 g/mol. The second kappa shape index (κ2) is 4.55. The largest absolute Gasteiger partial charge is 0.396 e. The molecule has 90 valence electrons. The molecule has 0 aliphatic carbocycles. The third-order valence-corrected chi connectivity index (χ3v) is 2.80. The Labute approximate surface area is 99.3 Å². The zero-order valence-electron chi connectivity index (χ0n) is 9.92. The molecule has 1 amide bonds. The SMILES string of the molecule is CN(C(=O)CCO)c1ccc2c(c1)ncn2C. The lowest BCUT2D eigenvalue weighted by Crippen LogP contribution is -2.26. The number of aryl methyl sites for hydroxylation is 1. The number of anilines is 1. The number of fused-ring (bicyclic) bond motifs is 1. The van der Waals surface area contributed by atoms with E-state index in [0.717, 1.165) is 16.7 Å². The number of benzene rings is 1. The first kappa shape index (κ1) is 11.6. The van der Waals surface area contributed by atoms with Gasteiger partial charge in [0.1, 0.15) is 0 Å². The molecule has 1 N–H and O–H groups in total. The summed E-state index contributed by atoms with van der Waals surface area (Å²) in [5.41, 5.74) is 2.67. The standard InChI is InChI=1S/C12H15N3O2/c1-14-8-13-10-7-9(3-4-11(10)14)15(2)12(17)5-6-16/h3-4,7-8,16H,5-6H2,1-2H3. The van der Waals surface area contributed by atoms with Gasteiger partial charge in [-0.3, -0.25) is 4.79 Å². The highest BCUT2D eigenvalue weighted by atomic mass is 16.3. The lowest BCUT2D eigenvalue weighted by Gasteiger charge is -2.16. The van der Waals surface area contributed by atoms with Crippen molar-refractivity contribution in [3.63, 3.8) is 0 Å². The maximum atomic E-state index is 11.6. The highest BCUT2D eigenvalue weighted by Gasteiger charge is 2.11. The number of nitrogens with zero attached hydrogens (tertiary/aromatic N) is 3. The van der Waals surface area contributed by atoms with Gasteiger partial charge in [0.05, 0.1) is 30.4 Å². The Hall–Kier alpha value is -1.88. The maximum Gasteiger partial charge on any atom is 0.229 e. The Morgan fingerprint density at radius 2 is 2.29 bits per heavy atom. The maximum absolute atomic E-state index is 11.6. The number of aromatic nitrogens is 2. The Morgan fingerprint density at radius 3 is 3.00 bits per heavy atom. The molecule has 5 heteroatoms. The van der Waals surface area contributed by atoms with Gasteiger partial charge in [-0.2, -0.15) is 0 Å². The minimum Gasteiger partial charge on any atom is -0.396 e. The molecule has 1 aromatic carbocycles. The van der Waals surface area contributed by atoms with Crippen molar-refractivity contribution in [1.82, 2.24) is 9.55 Å². The Morgan fingerprint density at radius 1 is 1.53 bits per heavy atom. The topological polar surface area (TPSA) is 58.4 Å². The molecule has 0 radical (unpaired) electrons. The van der Waals surface area contributed by atoms with E-state index in [1.807, 2.05) is 29.8 Å². The molecule has 2 aromatic rings. The summed E-state index contributed by atoms with van der Waals surface area (Å²) < 4.78 is 1.93. The Bertz CT molecular complexity index is 548. The first-order valence-corrected chi connectivity index (χ1v) is 5.42. The van der Waals surface area contributed by atoms with Crippen molar-refractivity contribution >= 4 is 22.6 Å². The number of aliphatic hydroxyl groups excluding tert-OH is 1. The summed E-state index contributed by atoms with van der Waals surface area (Å²) in [5, 5.41) is 8.74. The van der Waals surface area contributed by atoms with Gasteiger partial charge in [0, 0.05) is 19.8 Å². The number of carbonyl (C=O) groups excluding carboxylic acids is 1. The highest BCUT2D eigenvalue weighted by Crippen LogP contribution is 2.20. The van der Waals surface area contributed by atoms with Crippen molar-refractivity contribution in [3.05, 3.63) is 24.5 Å². The molecule has 17 heavy (non-hydrogen) atoms. The number of rotatable bonds is 3. The van der Waals surface area contributed by atoms with Gasteiger partial charge in [-0.05, 0) is 18.2 Å². The van der Waals surface area contributed by atoms with E-state index in [9.17, 15) is 4.79 Å². The molecular formula is C12H15N3O2. The smallest absolute Gasteiger partial charge is 0.229 e. The molecule has 0 bridgehead atoms. The van der Waals surface area contributed by atoms with Crippen LogP contribution in [0.4, 0.5) is 5.69 Å². The van der Waals surface area contributed by atoms with Gasteiger partial charge in [0.25, 0.3) is 0 Å². The zero-order valence-corrected chi connectivity index (χ0v) is 9.92. The van der Waals surface area contributed by atoms with Gasteiger partial charge in [0.15, 0.2) is 0 Å². The van der Waals surface area contributed by atoms with Crippen molar-refractivity contribution in [2.75, 3.05) is 18.6 Å². The number of carbonyl (C=O) groups is 1. The van der Waals surface area contributed by atoms with Crippen LogP contribution in [0.3, 0.4) is 0 Å². The predicted molar refractivity (Wildman–Crippen MR) is 65.8 cm³/mol. The first-order valence-electron chi connectivity index (χ1n) is 5.42. The van der Waals surface area contributed by atoms with E-state index in [2.05, 4.69) is 4.98 Å². The molecule has 0 unspecified atom stereocenters. The summed E-state index contributed by atoms with van der Waals surface area (Å²) in [5.74, 6) is -0.109. The van der Waals surface area contributed by atoms with Crippen molar-refractivity contribution < 1.29 is 9.90 Å². The van der Waals surface area contributed by atoms with Crippen LogP contribution in [0.5, 0.6) is 0 Å². The second-order valence-electron chi connectivity index (χ2n) is 3.95. The van der Waals surface area contributed by atoms with Crippen LogP contribution in [0.15, 0.2) is 24.5 Å². The summed E-state index contributed by atoms with van der Waals surface area (Å²) in [6.07, 6.45) is 1.88. The molecule has 5 nitrogen and oxygen atoms in total. The van der Waals surface area contributed by atoms with Crippen molar-refractivity contribution in [2.45, 2.75) is 6.42 Å². The molecule has 0 aliphatic rings. The molecule has 0 atom stereocenters. The predicted octanol–water partition coefficient (Wildman–Crippen LogP) is 0.918. The fraction of sp³-hybridized carbons (Fsp3) is 0.333. The first-order chi connectivity index (χ1) is 8.13. The van der Waals surface area contributed by atoms with E-state index >= 15 is 0 Å². The number of hydrogen-bond donors (Lipinski definition) is 1. The molecule has 0 fully saturated rings. The summed E-state index contributed by atoms with van der Waals surface area (Å²) in [6, 6.07) is 5.67. The Kier molecular flexibility index (Phi) is 3.10. The van der Waals surface area contributed by atoms with Crippen LogP contribution < -0.4 is 4.90 Å². The third kappa shape index (κ3) is 2.14. The van der Waals surface area contributed by atoms with Gasteiger partial charge in [0.2, 0.25) is 5.91 Å². The number of aliphatic hydroxyl groups is 1. The summed E-state index contributed by atoms with van der Waals surface area (Å²) in [4.78, 5) is 17.4. The number of amides is 1. The van der Waals surface area contributed by atoms with E-state index in [0.29, 0.717) is 0 Å². The average Bonchev–Trinajstić information content (AvgIpc) is 2.70. The van der Waals surface area contributed by atoms with Gasteiger partial charge in [-0.1, -0.05) is 0 Å². The van der Waals surface area contributed by atoms with E-state index in [1.54, 1.807) is 13.4 Å². The van der Waals surface area contributed by atoms with Gasteiger partial charge >= 0.3 is 0 Å². The molecular weight excluding hydrogens is 218 g/mol. The minimum absolute atomic E-state index is 0.109. The van der Waals surface area contributed by atoms with E-state index in [4.69, 9.17) is 5.11 Å². The van der Waals surface area contributed by atoms with Crippen molar-refractivity contribution in [3.8, 4) is 0 Å². The molecule has 0 spiro atoms. The molecule has 0 saturated heterocycles. The lowest BCUT2D eigenvalue weighted by atomic mass is 10.2. The van der Waals surface area contributed by atoms with E-state index in [1.165, 1.54) is 4.90 Å². The summed E-state index contributed by atoms with van der Waals surface area (Å²) in [7, 11) is 3.62. The van der Waals surface area contributed by atoms with Gasteiger partial charge in [-0.15, -0.1) is 0 Å². The van der Waals surface area contributed by atoms with Crippen LogP contribution in [-0.4, -0.2) is 34.2 Å². The zero-order chi connectivity index (χ0) is 12.4. The number of hydrogen-bond acceptors (Lipinski definition) is 3. The van der Waals surface area contributed by atoms with Crippen LogP contribution in [-0.2, 0) is 11.8 Å². The molecule has 2 rings (SSSR count). The van der Waals surface area contributed by atoms with Gasteiger partial charge < -0.3 is 14.6 Å². The highest BCUT2D eigenvalue weighted by molar-refractivity contribution is 5.94. The summed E-state index contributed by atoms with van der Waals surface area (Å²) in [6.45, 7) is -0.130. The van der Waals surface area contributed by atoms with Crippen molar-refractivity contribution in [1.29, 1.82) is 0 Å². The normalized spacial score (nSPS) is 10.8. The second-order valence-corrected chi connectivity index (χ2v) is 3.95. The third-order valence-electron chi connectivity index (χ3n) is 2.80. The van der Waals surface area contributed by atoms with Crippen LogP contribution in [0.1, 0.15) is 6.42 Å². The van der Waals surface area contributed by atoms with Crippen LogP contribution in [0.25, 0.3) is 11.0 Å². The molecule has 1 aromatic heterocycles. The minimum atomic E-state index is -0.130. The van der Waals surface area contributed by atoms with Crippen LogP contribution in [0.2, 0.25) is 0 Å². The fourth-order valence-corrected chi connectivity index (χ4v) is 1.74. The summed E-state index contributed by atoms with van der Waals surface area (Å²) >= 11 is 0. The average molecular weight is 233 g/mol. The Balaban J connectivity index is 2.33. The molecule has 0 saturated carbocycles. The van der Waals surface area contributed by atoms with Gasteiger partial charge in [-0.25, -0.2) is 4.98 Å². The quantitative estimate of drug-likeness (QED) is 0.857. The lowest BCUT2D eigenvalue weighted by molar-refractivity contribution is -0.118. The molecule has 0 aliphatic heterocycles. The van der Waals surface area contributed by atoms with Crippen LogP contribution in [0, 0.1) is 0 Å². The van der Waals surface area contributed by atoms with E-state index < -0.39 is 0 Å². The van der Waals surface area contributed by atoms with Crippen molar-refractivity contribution in [2.24, 2.45) is 7.05 Å². The van der Waals surface area contributed by atoms with E-state index in [-0.39, 0.29) is 18.9 Å². The number of imidazole rings is 1.